The number of likely N-dealkylation sites (N-methyl/N-ethyl adjacent to an activating group) is 1. The summed E-state index contributed by atoms with van der Waals surface area (Å²) in [5.41, 5.74) is 0. The molecule has 0 aliphatic carbocycles. The van der Waals surface area contributed by atoms with E-state index in [-0.39, 0.29) is 30.7 Å². The van der Waals surface area contributed by atoms with Gasteiger partial charge >= 0.3 is 0 Å². The van der Waals surface area contributed by atoms with E-state index in [4.69, 9.17) is 9.52 Å². The topological polar surface area (TPSA) is 82.8 Å². The van der Waals surface area contributed by atoms with Crippen molar-refractivity contribution in [3.8, 4) is 0 Å². The van der Waals surface area contributed by atoms with Gasteiger partial charge in [0.25, 0.3) is 5.91 Å². The lowest BCUT2D eigenvalue weighted by Gasteiger charge is -2.15. The smallest absolute Gasteiger partial charge is 0.289 e. The number of carbonyl (C=O) groups excluding carboxylic acids is 2. The molecule has 0 fully saturated rings. The van der Waals surface area contributed by atoms with Gasteiger partial charge in [0, 0.05) is 13.6 Å². The van der Waals surface area contributed by atoms with Crippen LogP contribution >= 0.6 is 0 Å². The lowest BCUT2D eigenvalue weighted by Crippen LogP contribution is -2.40. The Labute approximate surface area is 99.2 Å². The first-order chi connectivity index (χ1) is 8.00. The van der Waals surface area contributed by atoms with Crippen LogP contribution in [-0.4, -0.2) is 48.1 Å². The molecule has 2 N–H and O–H groups in total. The summed E-state index contributed by atoms with van der Waals surface area (Å²) < 4.78 is 4.93. The van der Waals surface area contributed by atoms with Crippen LogP contribution < -0.4 is 5.32 Å². The average molecular weight is 240 g/mol. The highest BCUT2D eigenvalue weighted by molar-refractivity contribution is 5.94. The molecule has 6 nitrogen and oxygen atoms in total. The van der Waals surface area contributed by atoms with Crippen LogP contribution in [0.5, 0.6) is 0 Å². The Kier molecular flexibility index (Phi) is 4.71. The van der Waals surface area contributed by atoms with Crippen molar-refractivity contribution < 1.29 is 19.1 Å². The Bertz CT molecular complexity index is 373. The van der Waals surface area contributed by atoms with Crippen molar-refractivity contribution in [3.05, 3.63) is 24.2 Å². The van der Waals surface area contributed by atoms with Gasteiger partial charge in [-0.2, -0.15) is 0 Å². The molecule has 0 bridgehead atoms. The monoisotopic (exact) mass is 240 g/mol. The molecule has 17 heavy (non-hydrogen) atoms. The summed E-state index contributed by atoms with van der Waals surface area (Å²) in [6.45, 7) is 1.66. The summed E-state index contributed by atoms with van der Waals surface area (Å²) in [5, 5.41) is 11.5. The van der Waals surface area contributed by atoms with Crippen molar-refractivity contribution in [1.29, 1.82) is 0 Å². The second-order valence-electron chi connectivity index (χ2n) is 3.79. The number of hydrogen-bond acceptors (Lipinski definition) is 4. The standard InChI is InChI=1S/C11H16N2O4/c1-8(14)6-12-10(15)7-13(2)11(16)9-4-3-5-17-9/h3-5,8,14H,6-7H2,1-2H3,(H,12,15). The number of hydrogen-bond donors (Lipinski definition) is 2. The molecule has 2 amide bonds. The maximum Gasteiger partial charge on any atom is 0.289 e. The van der Waals surface area contributed by atoms with Gasteiger partial charge in [0.15, 0.2) is 5.76 Å². The van der Waals surface area contributed by atoms with E-state index in [0.717, 1.165) is 0 Å². The quantitative estimate of drug-likeness (QED) is 0.749. The largest absolute Gasteiger partial charge is 0.459 e. The maximum atomic E-state index is 11.7. The molecule has 1 aromatic rings. The van der Waals surface area contributed by atoms with Crippen molar-refractivity contribution in [3.63, 3.8) is 0 Å². The zero-order valence-electron chi connectivity index (χ0n) is 9.84. The predicted octanol–water partition coefficient (Wildman–Crippen LogP) is -0.151. The van der Waals surface area contributed by atoms with Gasteiger partial charge in [-0.1, -0.05) is 0 Å². The van der Waals surface area contributed by atoms with Crippen LogP contribution in [0.2, 0.25) is 0 Å². The van der Waals surface area contributed by atoms with Crippen LogP contribution in [0.4, 0.5) is 0 Å². The summed E-state index contributed by atoms with van der Waals surface area (Å²) in [6, 6.07) is 3.14. The van der Waals surface area contributed by atoms with Gasteiger partial charge in [-0.3, -0.25) is 9.59 Å². The molecule has 1 aromatic heterocycles. The van der Waals surface area contributed by atoms with E-state index in [1.807, 2.05) is 0 Å². The zero-order chi connectivity index (χ0) is 12.8. The SMILES string of the molecule is CC(O)CNC(=O)CN(C)C(=O)c1ccco1. The second kappa shape index (κ2) is 6.05. The highest BCUT2D eigenvalue weighted by Gasteiger charge is 2.16. The van der Waals surface area contributed by atoms with E-state index in [2.05, 4.69) is 5.32 Å². The van der Waals surface area contributed by atoms with Gasteiger partial charge < -0.3 is 19.7 Å². The highest BCUT2D eigenvalue weighted by atomic mass is 16.3. The fourth-order valence-corrected chi connectivity index (χ4v) is 1.19. The second-order valence-corrected chi connectivity index (χ2v) is 3.79. The minimum absolute atomic E-state index is 0.0771. The van der Waals surface area contributed by atoms with Gasteiger partial charge in [0.2, 0.25) is 5.91 Å². The van der Waals surface area contributed by atoms with Crippen molar-refractivity contribution in [2.24, 2.45) is 0 Å². The molecule has 1 unspecified atom stereocenters. The summed E-state index contributed by atoms with van der Waals surface area (Å²) in [4.78, 5) is 24.3. The molecule has 0 spiro atoms. The molecular formula is C11H16N2O4. The molecule has 0 aliphatic rings. The van der Waals surface area contributed by atoms with Crippen LogP contribution in [0.25, 0.3) is 0 Å². The maximum absolute atomic E-state index is 11.7. The van der Waals surface area contributed by atoms with Crippen molar-refractivity contribution in [1.82, 2.24) is 10.2 Å². The summed E-state index contributed by atoms with van der Waals surface area (Å²) in [5.74, 6) is -0.494. The van der Waals surface area contributed by atoms with Crippen molar-refractivity contribution >= 4 is 11.8 Å². The van der Waals surface area contributed by atoms with Gasteiger partial charge in [-0.05, 0) is 19.1 Å². The third kappa shape index (κ3) is 4.28. The molecule has 0 saturated carbocycles. The van der Waals surface area contributed by atoms with E-state index in [1.54, 1.807) is 13.0 Å². The highest BCUT2D eigenvalue weighted by Crippen LogP contribution is 2.03. The Morgan fingerprint density at radius 3 is 2.82 bits per heavy atom. The minimum atomic E-state index is -0.606. The van der Waals surface area contributed by atoms with E-state index in [0.29, 0.717) is 0 Å². The molecular weight excluding hydrogens is 224 g/mol. The lowest BCUT2D eigenvalue weighted by atomic mass is 10.3. The fourth-order valence-electron chi connectivity index (χ4n) is 1.19. The molecule has 0 aliphatic heterocycles. The number of amides is 2. The van der Waals surface area contributed by atoms with Gasteiger partial charge in [0.05, 0.1) is 18.9 Å². The normalized spacial score (nSPS) is 11.9. The number of aliphatic hydroxyl groups excluding tert-OH is 1. The van der Waals surface area contributed by atoms with E-state index in [1.165, 1.54) is 24.3 Å². The van der Waals surface area contributed by atoms with E-state index >= 15 is 0 Å². The van der Waals surface area contributed by atoms with Crippen LogP contribution in [0.1, 0.15) is 17.5 Å². The fraction of sp³-hybridized carbons (Fsp3) is 0.455. The number of aliphatic hydroxyl groups is 1. The van der Waals surface area contributed by atoms with Crippen LogP contribution in [-0.2, 0) is 4.79 Å². The number of rotatable bonds is 5. The first-order valence-electron chi connectivity index (χ1n) is 5.24. The van der Waals surface area contributed by atoms with Crippen LogP contribution in [0, 0.1) is 0 Å². The summed E-state index contributed by atoms with van der Waals surface area (Å²) in [7, 11) is 1.51. The minimum Gasteiger partial charge on any atom is -0.459 e. The molecule has 94 valence electrons. The Balaban J connectivity index is 2.41. The Hall–Kier alpha value is -1.82. The zero-order valence-corrected chi connectivity index (χ0v) is 9.84. The summed E-state index contributed by atoms with van der Waals surface area (Å²) in [6.07, 6.45) is 0.791. The Morgan fingerprint density at radius 2 is 2.29 bits per heavy atom. The number of nitrogens with zero attached hydrogens (tertiary/aromatic N) is 1. The number of carbonyl (C=O) groups is 2. The van der Waals surface area contributed by atoms with Gasteiger partial charge in [-0.15, -0.1) is 0 Å². The van der Waals surface area contributed by atoms with Gasteiger partial charge in [0.1, 0.15) is 0 Å². The molecule has 1 heterocycles. The number of furan rings is 1. The molecule has 0 saturated heterocycles. The first-order valence-corrected chi connectivity index (χ1v) is 5.24. The van der Waals surface area contributed by atoms with E-state index < -0.39 is 6.10 Å². The first kappa shape index (κ1) is 13.2. The third-order valence-corrected chi connectivity index (χ3v) is 2.05. The predicted molar refractivity (Wildman–Crippen MR) is 60.4 cm³/mol. The van der Waals surface area contributed by atoms with Crippen LogP contribution in [0.3, 0.4) is 0 Å². The van der Waals surface area contributed by atoms with Crippen molar-refractivity contribution in [2.45, 2.75) is 13.0 Å². The lowest BCUT2D eigenvalue weighted by molar-refractivity contribution is -0.122. The molecule has 1 rings (SSSR count). The Morgan fingerprint density at radius 1 is 1.59 bits per heavy atom. The average Bonchev–Trinajstić information content (AvgIpc) is 2.78. The van der Waals surface area contributed by atoms with Crippen molar-refractivity contribution in [2.75, 3.05) is 20.1 Å². The molecule has 0 radical (unpaired) electrons. The van der Waals surface area contributed by atoms with E-state index in [9.17, 15) is 9.59 Å². The molecule has 6 heteroatoms. The number of nitrogens with one attached hydrogen (secondary N) is 1. The molecule has 1 atom stereocenters. The molecule has 0 aromatic carbocycles. The summed E-state index contributed by atoms with van der Waals surface area (Å²) >= 11 is 0. The third-order valence-electron chi connectivity index (χ3n) is 2.05. The van der Waals surface area contributed by atoms with Crippen LogP contribution in [0.15, 0.2) is 22.8 Å². The van der Waals surface area contributed by atoms with Gasteiger partial charge in [-0.25, -0.2) is 0 Å².